The van der Waals surface area contributed by atoms with Gasteiger partial charge >= 0.3 is 0 Å². The van der Waals surface area contributed by atoms with E-state index in [9.17, 15) is 15.2 Å². The van der Waals surface area contributed by atoms with Crippen LogP contribution < -0.4 is 0 Å². The molecule has 1 aromatic carbocycles. The molecule has 5 nitrogen and oxygen atoms in total. The van der Waals surface area contributed by atoms with Gasteiger partial charge in [-0.1, -0.05) is 6.92 Å². The summed E-state index contributed by atoms with van der Waals surface area (Å²) in [6.45, 7) is 8.67. The van der Waals surface area contributed by atoms with Crippen molar-refractivity contribution in [3.63, 3.8) is 0 Å². The summed E-state index contributed by atoms with van der Waals surface area (Å²) in [6.07, 6.45) is 10.6. The monoisotopic (exact) mass is 504 g/mol. The molecule has 1 unspecified atom stereocenters. The Morgan fingerprint density at radius 2 is 1.95 bits per heavy atom. The molecular formula is C32H44N2O3. The lowest BCUT2D eigenvalue weighted by Gasteiger charge is -2.57. The van der Waals surface area contributed by atoms with Crippen molar-refractivity contribution in [2.75, 3.05) is 13.2 Å². The fourth-order valence-corrected chi connectivity index (χ4v) is 10.2. The molecule has 4 saturated carbocycles. The first-order valence-electron chi connectivity index (χ1n) is 14.9. The van der Waals surface area contributed by atoms with Crippen molar-refractivity contribution < 1.29 is 14.6 Å². The Hall–Kier alpha value is -1.90. The maximum Gasteiger partial charge on any atom is 0.254 e. The number of hydrogen-bond acceptors (Lipinski definition) is 4. The van der Waals surface area contributed by atoms with Crippen LogP contribution in [0.4, 0.5) is 0 Å². The van der Waals surface area contributed by atoms with Crippen LogP contribution in [-0.2, 0) is 11.3 Å². The first-order valence-corrected chi connectivity index (χ1v) is 14.9. The molecule has 5 aliphatic rings. The number of rotatable bonds is 5. The quantitative estimate of drug-likeness (QED) is 0.539. The summed E-state index contributed by atoms with van der Waals surface area (Å²) in [5, 5.41) is 20.5. The molecule has 0 bridgehead atoms. The molecule has 0 aromatic heterocycles. The van der Waals surface area contributed by atoms with E-state index in [-0.39, 0.29) is 11.9 Å². The molecule has 9 atom stereocenters. The Bertz CT molecular complexity index is 1100. The summed E-state index contributed by atoms with van der Waals surface area (Å²) >= 11 is 0. The largest absolute Gasteiger partial charge is 0.387 e. The molecule has 1 aliphatic heterocycles. The molecule has 5 heteroatoms. The maximum atomic E-state index is 13.4. The number of nitriles is 1. The van der Waals surface area contributed by atoms with Gasteiger partial charge in [0.05, 0.1) is 23.8 Å². The van der Waals surface area contributed by atoms with E-state index in [0.29, 0.717) is 42.6 Å². The van der Waals surface area contributed by atoms with Gasteiger partial charge in [-0.25, -0.2) is 0 Å². The van der Waals surface area contributed by atoms with Crippen LogP contribution in [-0.4, -0.2) is 40.8 Å². The fraction of sp³-hybridized carbons (Fsp3) is 0.750. The highest BCUT2D eigenvalue weighted by Crippen LogP contribution is 2.65. The van der Waals surface area contributed by atoms with E-state index in [1.807, 2.05) is 19.1 Å². The highest BCUT2D eigenvalue weighted by atomic mass is 16.5. The van der Waals surface area contributed by atoms with Gasteiger partial charge in [0, 0.05) is 24.8 Å². The number of nitrogens with zero attached hydrogens (tertiary/aromatic N) is 2. The van der Waals surface area contributed by atoms with E-state index in [0.717, 1.165) is 54.1 Å². The Morgan fingerprint density at radius 1 is 1.14 bits per heavy atom. The third kappa shape index (κ3) is 4.05. The van der Waals surface area contributed by atoms with Crippen LogP contribution in [0.3, 0.4) is 0 Å². The zero-order valence-electron chi connectivity index (χ0n) is 22.9. The van der Waals surface area contributed by atoms with Gasteiger partial charge in [0.25, 0.3) is 5.91 Å². The predicted octanol–water partition coefficient (Wildman–Crippen LogP) is 5.94. The minimum absolute atomic E-state index is 0.148. The summed E-state index contributed by atoms with van der Waals surface area (Å²) in [5.74, 6) is 4.48. The average Bonchev–Trinajstić information content (AvgIpc) is 3.43. The van der Waals surface area contributed by atoms with Crippen LogP contribution >= 0.6 is 0 Å². The Labute approximate surface area is 222 Å². The van der Waals surface area contributed by atoms with Crippen molar-refractivity contribution in [3.8, 4) is 6.07 Å². The SMILES string of the molecule is CCOC[C@@]1(O)CC[C@H]2[C@H](CC[C@@H]3[C@@H]2CC[C@]2(C)[C@@H](C(C)N4Cc5cc(C#N)ccc5C4=O)CC[C@@H]32)C1. The van der Waals surface area contributed by atoms with Gasteiger partial charge in [0.1, 0.15) is 0 Å². The number of aliphatic hydroxyl groups is 1. The van der Waals surface area contributed by atoms with Crippen LogP contribution in [0.5, 0.6) is 0 Å². The van der Waals surface area contributed by atoms with Gasteiger partial charge in [-0.15, -0.1) is 0 Å². The molecule has 1 heterocycles. The van der Waals surface area contributed by atoms with Crippen LogP contribution in [0.15, 0.2) is 18.2 Å². The lowest BCUT2D eigenvalue weighted by molar-refractivity contribution is -0.129. The predicted molar refractivity (Wildman–Crippen MR) is 143 cm³/mol. The highest BCUT2D eigenvalue weighted by Gasteiger charge is 2.59. The molecule has 0 spiro atoms. The van der Waals surface area contributed by atoms with Crippen LogP contribution in [0.2, 0.25) is 0 Å². The zero-order chi connectivity index (χ0) is 25.9. The molecule has 1 amide bonds. The standard InChI is InChI=1S/C32H44N2O3/c1-4-37-19-32(36)14-12-24-22(16-32)6-8-27-26(24)11-13-31(3)28(9-10-29(27)31)20(2)34-18-23-15-21(17-33)5-7-25(23)30(34)35/h5,7,15,20,22,24,26-29,36H,4,6,8-14,16,18-19H2,1-3H3/t20?,22-,24+,26-,27-,28-,29+,31-,32-/m1/s1. The molecule has 1 aromatic rings. The smallest absolute Gasteiger partial charge is 0.254 e. The topological polar surface area (TPSA) is 73.6 Å². The second-order valence-electron chi connectivity index (χ2n) is 13.4. The van der Waals surface area contributed by atoms with Crippen molar-refractivity contribution in [3.05, 3.63) is 34.9 Å². The number of ether oxygens (including phenoxy) is 1. The summed E-state index contributed by atoms with van der Waals surface area (Å²) < 4.78 is 5.66. The van der Waals surface area contributed by atoms with E-state index < -0.39 is 5.60 Å². The second-order valence-corrected chi connectivity index (χ2v) is 13.4. The second kappa shape index (κ2) is 9.38. The van der Waals surface area contributed by atoms with Crippen molar-refractivity contribution in [1.82, 2.24) is 4.90 Å². The summed E-state index contributed by atoms with van der Waals surface area (Å²) in [4.78, 5) is 15.5. The van der Waals surface area contributed by atoms with Gasteiger partial charge in [0.15, 0.2) is 0 Å². The van der Waals surface area contributed by atoms with E-state index in [2.05, 4.69) is 24.8 Å². The molecule has 0 saturated heterocycles. The molecule has 200 valence electrons. The van der Waals surface area contributed by atoms with Crippen LogP contribution in [0.1, 0.15) is 100 Å². The molecular weight excluding hydrogens is 460 g/mol. The van der Waals surface area contributed by atoms with Gasteiger partial charge in [-0.3, -0.25) is 4.79 Å². The molecule has 4 aliphatic carbocycles. The number of amides is 1. The van der Waals surface area contributed by atoms with E-state index in [1.165, 1.54) is 38.5 Å². The lowest BCUT2D eigenvalue weighted by atomic mass is 9.48. The first-order chi connectivity index (χ1) is 17.8. The van der Waals surface area contributed by atoms with E-state index in [4.69, 9.17) is 4.74 Å². The maximum absolute atomic E-state index is 13.4. The zero-order valence-corrected chi connectivity index (χ0v) is 22.9. The number of carbonyl (C=O) groups is 1. The molecule has 4 fully saturated rings. The van der Waals surface area contributed by atoms with Gasteiger partial charge in [0.2, 0.25) is 0 Å². The van der Waals surface area contributed by atoms with Crippen molar-refractivity contribution >= 4 is 5.91 Å². The van der Waals surface area contributed by atoms with Gasteiger partial charge in [-0.05, 0) is 136 Å². The summed E-state index contributed by atoms with van der Waals surface area (Å²) in [5.41, 5.74) is 2.12. The molecule has 37 heavy (non-hydrogen) atoms. The van der Waals surface area contributed by atoms with Crippen molar-refractivity contribution in [2.45, 2.75) is 96.7 Å². The van der Waals surface area contributed by atoms with Gasteiger partial charge in [-0.2, -0.15) is 5.26 Å². The number of hydrogen-bond donors (Lipinski definition) is 1. The number of benzene rings is 1. The molecule has 1 N–H and O–H groups in total. The van der Waals surface area contributed by atoms with Gasteiger partial charge < -0.3 is 14.7 Å². The number of fused-ring (bicyclic) bond motifs is 6. The highest BCUT2D eigenvalue weighted by molar-refractivity contribution is 5.98. The first kappa shape index (κ1) is 25.4. The number of carbonyl (C=O) groups excluding carboxylic acids is 1. The molecule has 6 rings (SSSR count). The third-order valence-corrected chi connectivity index (χ3v) is 11.9. The Balaban J connectivity index is 1.16. The van der Waals surface area contributed by atoms with Crippen molar-refractivity contribution in [2.24, 2.45) is 40.9 Å². The minimum atomic E-state index is -0.616. The van der Waals surface area contributed by atoms with Crippen LogP contribution in [0.25, 0.3) is 0 Å². The van der Waals surface area contributed by atoms with E-state index >= 15 is 0 Å². The third-order valence-electron chi connectivity index (χ3n) is 11.9. The van der Waals surface area contributed by atoms with Crippen molar-refractivity contribution in [1.29, 1.82) is 5.26 Å². The normalized spacial score (nSPS) is 41.4. The lowest BCUT2D eigenvalue weighted by Crippen LogP contribution is -2.53. The summed E-state index contributed by atoms with van der Waals surface area (Å²) in [7, 11) is 0. The average molecular weight is 505 g/mol. The van der Waals surface area contributed by atoms with E-state index in [1.54, 1.807) is 6.07 Å². The minimum Gasteiger partial charge on any atom is -0.387 e. The summed E-state index contributed by atoms with van der Waals surface area (Å²) in [6, 6.07) is 7.98. The Kier molecular flexibility index (Phi) is 6.44. The molecule has 0 radical (unpaired) electrons. The van der Waals surface area contributed by atoms with Crippen LogP contribution in [0, 0.1) is 52.3 Å². The fourth-order valence-electron chi connectivity index (χ4n) is 10.2. The Morgan fingerprint density at radius 3 is 2.73 bits per heavy atom.